The Morgan fingerprint density at radius 1 is 1.24 bits per heavy atom. The van der Waals surface area contributed by atoms with Crippen molar-refractivity contribution >= 4 is 49.3 Å². The van der Waals surface area contributed by atoms with E-state index in [4.69, 9.17) is 10.7 Å². The molecule has 1 aliphatic carbocycles. The molecule has 0 radical (unpaired) electrons. The van der Waals surface area contributed by atoms with Crippen LogP contribution < -0.4 is 11.3 Å². The number of nitrogens with zero attached hydrogens (tertiary/aromatic N) is 5. The third-order valence-corrected chi connectivity index (χ3v) is 9.81. The number of rotatable bonds is 4. The van der Waals surface area contributed by atoms with E-state index in [0.29, 0.717) is 21.1 Å². The van der Waals surface area contributed by atoms with Crippen LogP contribution in [0.5, 0.6) is 0 Å². The summed E-state index contributed by atoms with van der Waals surface area (Å²) in [4.78, 5) is 22.5. The summed E-state index contributed by atoms with van der Waals surface area (Å²) in [6.07, 6.45) is 8.20. The fourth-order valence-electron chi connectivity index (χ4n) is 4.33. The van der Waals surface area contributed by atoms with Gasteiger partial charge in [-0.05, 0) is 43.5 Å². The molecule has 1 fully saturated rings. The topological polar surface area (TPSA) is 115 Å². The van der Waals surface area contributed by atoms with Gasteiger partial charge in [0.15, 0.2) is 0 Å². The van der Waals surface area contributed by atoms with Crippen LogP contribution >= 0.6 is 11.3 Å². The zero-order chi connectivity index (χ0) is 23.6. The third kappa shape index (κ3) is 3.24. The Balaban J connectivity index is 1.58. The Labute approximate surface area is 202 Å². The number of thiophene rings is 1. The molecule has 2 N–H and O–H groups in total. The smallest absolute Gasteiger partial charge is 0.276 e. The van der Waals surface area contributed by atoms with E-state index in [-0.39, 0.29) is 10.8 Å². The Bertz CT molecular complexity index is 1630. The molecule has 5 heterocycles. The van der Waals surface area contributed by atoms with Gasteiger partial charge in [-0.1, -0.05) is 11.3 Å². The summed E-state index contributed by atoms with van der Waals surface area (Å²) in [5.41, 5.74) is 10.7. The molecule has 0 amide bonds. The maximum absolute atomic E-state index is 13.2. The lowest BCUT2D eigenvalue weighted by molar-refractivity contribution is 0.478. The molecule has 0 aromatic carbocycles. The molecule has 6 rings (SSSR count). The number of fused-ring (bicyclic) bond motifs is 2. The molecule has 1 saturated carbocycles. The van der Waals surface area contributed by atoms with E-state index in [1.807, 2.05) is 31.3 Å². The fourth-order valence-corrected chi connectivity index (χ4v) is 7.54. The van der Waals surface area contributed by atoms with Crippen LogP contribution in [0.25, 0.3) is 43.6 Å². The molecular weight excluding hydrogens is 468 g/mol. The number of nitrogens with two attached hydrogens (primary N) is 1. The van der Waals surface area contributed by atoms with Crippen molar-refractivity contribution in [2.24, 2.45) is 14.1 Å². The molecule has 1 aliphatic rings. The van der Waals surface area contributed by atoms with Gasteiger partial charge in [0.2, 0.25) is 4.21 Å². The lowest BCUT2D eigenvalue weighted by Crippen LogP contribution is -2.28. The summed E-state index contributed by atoms with van der Waals surface area (Å²) < 4.78 is 17.2. The van der Waals surface area contributed by atoms with Crippen molar-refractivity contribution in [1.29, 1.82) is 0 Å². The molecular formula is C24H22N6O2S2. The first-order valence-corrected chi connectivity index (χ1v) is 13.0. The first-order chi connectivity index (χ1) is 16.4. The average Bonchev–Trinajstić information content (AvgIpc) is 3.37. The molecule has 0 bridgehead atoms. The van der Waals surface area contributed by atoms with E-state index in [9.17, 15) is 9.35 Å². The molecule has 34 heavy (non-hydrogen) atoms. The van der Waals surface area contributed by atoms with Gasteiger partial charge in [0.05, 0.1) is 11.4 Å². The number of hydrogen-bond donors (Lipinski definition) is 1. The van der Waals surface area contributed by atoms with Crippen LogP contribution in [0.1, 0.15) is 19.3 Å². The van der Waals surface area contributed by atoms with Crippen molar-refractivity contribution in [2.45, 2.75) is 28.7 Å². The van der Waals surface area contributed by atoms with Crippen molar-refractivity contribution < 1.29 is 4.55 Å². The van der Waals surface area contributed by atoms with Gasteiger partial charge in [-0.2, -0.15) is 5.10 Å². The van der Waals surface area contributed by atoms with E-state index in [0.717, 1.165) is 51.7 Å². The Hall–Kier alpha value is -3.21. The van der Waals surface area contributed by atoms with Gasteiger partial charge in [0.25, 0.3) is 5.56 Å². The second kappa shape index (κ2) is 7.93. The Morgan fingerprint density at radius 2 is 2.06 bits per heavy atom. The van der Waals surface area contributed by atoms with E-state index in [1.165, 1.54) is 15.9 Å². The summed E-state index contributed by atoms with van der Waals surface area (Å²) in [6, 6.07) is 7.70. The van der Waals surface area contributed by atoms with Crippen LogP contribution in [-0.4, -0.2) is 34.1 Å². The van der Waals surface area contributed by atoms with Gasteiger partial charge in [-0.25, -0.2) is 9.97 Å². The van der Waals surface area contributed by atoms with Gasteiger partial charge < -0.3 is 14.9 Å². The number of hydrogen-bond acceptors (Lipinski definition) is 7. The second-order valence-electron chi connectivity index (χ2n) is 8.62. The van der Waals surface area contributed by atoms with Crippen molar-refractivity contribution in [3.63, 3.8) is 0 Å². The first kappa shape index (κ1) is 21.3. The number of nitrogen functional groups attached to an aromatic ring is 1. The fraction of sp³-hybridized carbons (Fsp3) is 0.250. The van der Waals surface area contributed by atoms with Crippen LogP contribution in [0.3, 0.4) is 0 Å². The Morgan fingerprint density at radius 3 is 2.76 bits per heavy atom. The summed E-state index contributed by atoms with van der Waals surface area (Å²) in [6.45, 7) is 0. The zero-order valence-electron chi connectivity index (χ0n) is 18.7. The number of aromatic nitrogens is 5. The maximum atomic E-state index is 13.2. The Kier molecular flexibility index (Phi) is 4.98. The molecule has 5 aromatic rings. The zero-order valence-corrected chi connectivity index (χ0v) is 20.3. The molecule has 172 valence electrons. The van der Waals surface area contributed by atoms with Crippen molar-refractivity contribution in [1.82, 2.24) is 24.3 Å². The average molecular weight is 491 g/mol. The van der Waals surface area contributed by atoms with Crippen LogP contribution in [0, 0.1) is 0 Å². The van der Waals surface area contributed by atoms with Crippen molar-refractivity contribution in [3.8, 4) is 22.5 Å². The van der Waals surface area contributed by atoms with Crippen molar-refractivity contribution in [3.05, 3.63) is 53.2 Å². The van der Waals surface area contributed by atoms with Crippen molar-refractivity contribution in [2.75, 3.05) is 5.73 Å². The summed E-state index contributed by atoms with van der Waals surface area (Å²) >= 11 is 0.265. The summed E-state index contributed by atoms with van der Waals surface area (Å²) in [7, 11) is 3.59. The predicted molar refractivity (Wildman–Crippen MR) is 136 cm³/mol. The summed E-state index contributed by atoms with van der Waals surface area (Å²) in [5.74, 6) is 0. The van der Waals surface area contributed by atoms with Crippen LogP contribution in [0.15, 0.2) is 51.9 Å². The molecule has 0 aliphatic heterocycles. The van der Waals surface area contributed by atoms with E-state index in [1.54, 1.807) is 30.3 Å². The SMILES string of the molecule is Cn1nccc1-c1cc(-c2cnc3c(=O)n(C)ccc3c2)nc2sc([S@+]([O-])C3CCC3)c(N)c12. The quantitative estimate of drug-likeness (QED) is 0.383. The second-order valence-corrected chi connectivity index (χ2v) is 11.5. The molecule has 1 atom stereocenters. The largest absolute Gasteiger partial charge is 0.611 e. The summed E-state index contributed by atoms with van der Waals surface area (Å²) in [5, 5.41) is 6.06. The minimum absolute atomic E-state index is 0.141. The number of pyridine rings is 3. The highest BCUT2D eigenvalue weighted by molar-refractivity contribution is 7.94. The van der Waals surface area contributed by atoms with Gasteiger partial charge in [-0.3, -0.25) is 9.48 Å². The first-order valence-electron chi connectivity index (χ1n) is 11.0. The standard InChI is InChI=1S/C24H22N6O2S2/c1-29-9-7-13-10-14(12-26-21(13)23(29)31)17-11-16(18-6-8-27-30(18)2)19-20(25)24(33-22(19)28-17)34(32)15-4-3-5-15/h6-12,15H,3-5,25H2,1-2H3/t34-/m1/s1. The molecule has 10 heteroatoms. The molecule has 0 spiro atoms. The predicted octanol–water partition coefficient (Wildman–Crippen LogP) is 3.85. The molecule has 0 unspecified atom stereocenters. The monoisotopic (exact) mass is 490 g/mol. The van der Waals surface area contributed by atoms with E-state index < -0.39 is 11.2 Å². The third-order valence-electron chi connectivity index (χ3n) is 6.51. The normalized spacial score (nSPS) is 15.1. The highest BCUT2D eigenvalue weighted by atomic mass is 32.2. The molecule has 8 nitrogen and oxygen atoms in total. The highest BCUT2D eigenvalue weighted by Gasteiger charge is 2.35. The molecule has 0 saturated heterocycles. The van der Waals surface area contributed by atoms with Crippen LogP contribution in [0.2, 0.25) is 0 Å². The minimum Gasteiger partial charge on any atom is -0.611 e. The maximum Gasteiger partial charge on any atom is 0.276 e. The highest BCUT2D eigenvalue weighted by Crippen LogP contribution is 2.45. The lowest BCUT2D eigenvalue weighted by atomic mass is 10.00. The van der Waals surface area contributed by atoms with Gasteiger partial charge in [0, 0.05) is 65.8 Å². The van der Waals surface area contributed by atoms with Crippen LogP contribution in [0.4, 0.5) is 5.69 Å². The van der Waals surface area contributed by atoms with Gasteiger partial charge in [0.1, 0.15) is 21.3 Å². The lowest BCUT2D eigenvalue weighted by Gasteiger charge is -2.27. The van der Waals surface area contributed by atoms with Gasteiger partial charge in [-0.15, -0.1) is 0 Å². The number of anilines is 1. The number of aryl methyl sites for hydroxylation is 2. The van der Waals surface area contributed by atoms with Crippen LogP contribution in [-0.2, 0) is 25.3 Å². The van der Waals surface area contributed by atoms with Gasteiger partial charge >= 0.3 is 0 Å². The minimum atomic E-state index is -1.14. The molecule has 5 aromatic heterocycles. The van der Waals surface area contributed by atoms with E-state index >= 15 is 0 Å². The van der Waals surface area contributed by atoms with E-state index in [2.05, 4.69) is 10.1 Å².